The van der Waals surface area contributed by atoms with E-state index in [1.807, 2.05) is 31.2 Å². The van der Waals surface area contributed by atoms with E-state index in [9.17, 15) is 4.79 Å². The van der Waals surface area contributed by atoms with Crippen LogP contribution in [0.4, 0.5) is 5.69 Å². The number of benzene rings is 2. The molecule has 0 bridgehead atoms. The average molecular weight is 412 g/mol. The molecule has 3 aromatic rings. The largest absolute Gasteiger partial charge is 0.495 e. The molecule has 1 atom stereocenters. The van der Waals surface area contributed by atoms with Crippen LogP contribution in [0, 0.1) is 0 Å². The van der Waals surface area contributed by atoms with Crippen LogP contribution in [0.3, 0.4) is 0 Å². The zero-order valence-electron chi connectivity index (χ0n) is 16.8. The first kappa shape index (κ1) is 20.9. The van der Waals surface area contributed by atoms with Crippen molar-refractivity contribution in [2.24, 2.45) is 0 Å². The first-order valence-electron chi connectivity index (χ1n) is 9.60. The molecule has 7 nitrogen and oxygen atoms in total. The summed E-state index contributed by atoms with van der Waals surface area (Å²) < 4.78 is 6.94. The molecule has 0 aliphatic rings. The van der Waals surface area contributed by atoms with Crippen molar-refractivity contribution in [1.29, 1.82) is 0 Å². The molecule has 0 aliphatic carbocycles. The fourth-order valence-corrected chi connectivity index (χ4v) is 3.60. The van der Waals surface area contributed by atoms with Crippen LogP contribution < -0.4 is 10.1 Å². The van der Waals surface area contributed by atoms with E-state index in [0.29, 0.717) is 16.6 Å². The molecule has 1 heterocycles. The monoisotopic (exact) mass is 411 g/mol. The highest BCUT2D eigenvalue weighted by atomic mass is 32.2. The number of unbranched alkanes of at least 4 members (excludes halogenated alkanes) is 1. The van der Waals surface area contributed by atoms with Gasteiger partial charge in [-0.25, -0.2) is 0 Å². The van der Waals surface area contributed by atoms with Crippen molar-refractivity contribution in [1.82, 2.24) is 20.2 Å². The molecule has 1 N–H and O–H groups in total. The Hall–Kier alpha value is -2.87. The number of thioether (sulfide) groups is 1. The van der Waals surface area contributed by atoms with Gasteiger partial charge in [-0.15, -0.1) is 5.10 Å². The number of aryl methyl sites for hydroxylation is 1. The summed E-state index contributed by atoms with van der Waals surface area (Å²) in [7, 11) is 1.57. The van der Waals surface area contributed by atoms with Gasteiger partial charge in [-0.05, 0) is 60.0 Å². The van der Waals surface area contributed by atoms with E-state index in [1.54, 1.807) is 23.9 Å². The number of nitrogens with one attached hydrogen (secondary N) is 1. The third-order valence-electron chi connectivity index (χ3n) is 4.46. The Morgan fingerprint density at radius 2 is 1.97 bits per heavy atom. The van der Waals surface area contributed by atoms with Crippen molar-refractivity contribution in [3.8, 4) is 11.4 Å². The molecule has 0 unspecified atom stereocenters. The van der Waals surface area contributed by atoms with Gasteiger partial charge < -0.3 is 10.1 Å². The van der Waals surface area contributed by atoms with Crippen LogP contribution in [0.2, 0.25) is 0 Å². The third-order valence-corrected chi connectivity index (χ3v) is 5.49. The minimum atomic E-state index is -0.395. The molecule has 0 saturated carbocycles. The second-order valence-corrected chi connectivity index (χ2v) is 7.90. The summed E-state index contributed by atoms with van der Waals surface area (Å²) in [5, 5.41) is 15.0. The van der Waals surface area contributed by atoms with Crippen molar-refractivity contribution in [2.45, 2.75) is 43.5 Å². The van der Waals surface area contributed by atoms with Gasteiger partial charge >= 0.3 is 0 Å². The van der Waals surface area contributed by atoms with Crippen molar-refractivity contribution >= 4 is 23.4 Å². The van der Waals surface area contributed by atoms with Crippen LogP contribution in [-0.2, 0) is 11.2 Å². The lowest BCUT2D eigenvalue weighted by atomic mass is 10.1. The Labute approximate surface area is 174 Å². The van der Waals surface area contributed by atoms with Gasteiger partial charge in [0.2, 0.25) is 11.1 Å². The quantitative estimate of drug-likeness (QED) is 0.533. The van der Waals surface area contributed by atoms with Crippen molar-refractivity contribution in [3.05, 3.63) is 54.1 Å². The lowest BCUT2D eigenvalue weighted by Crippen LogP contribution is -2.23. The summed E-state index contributed by atoms with van der Waals surface area (Å²) in [4.78, 5) is 12.6. The van der Waals surface area contributed by atoms with Crippen LogP contribution in [0.25, 0.3) is 5.69 Å². The smallest absolute Gasteiger partial charge is 0.237 e. The highest BCUT2D eigenvalue weighted by Crippen LogP contribution is 2.27. The molecular weight excluding hydrogens is 386 g/mol. The first-order valence-corrected chi connectivity index (χ1v) is 10.5. The number of aromatic nitrogens is 4. The Bertz CT molecular complexity index is 942. The fraction of sp³-hybridized carbons (Fsp3) is 0.333. The maximum atomic E-state index is 12.6. The Kier molecular flexibility index (Phi) is 7.24. The average Bonchev–Trinajstić information content (AvgIpc) is 3.21. The summed E-state index contributed by atoms with van der Waals surface area (Å²) in [6, 6.07) is 15.5. The van der Waals surface area contributed by atoms with E-state index >= 15 is 0 Å². The molecule has 0 aliphatic heterocycles. The zero-order chi connectivity index (χ0) is 20.6. The van der Waals surface area contributed by atoms with Crippen LogP contribution in [-0.4, -0.2) is 38.5 Å². The number of para-hydroxylation sites is 2. The highest BCUT2D eigenvalue weighted by Gasteiger charge is 2.20. The second kappa shape index (κ2) is 10.1. The number of amides is 1. The minimum Gasteiger partial charge on any atom is -0.495 e. The standard InChI is InChI=1S/C21H25N5O2S/c1-4-5-8-16-11-13-17(14-12-16)26-21(23-24-25-26)29-15(2)20(27)22-18-9-6-7-10-19(18)28-3/h6-7,9-15H,4-5,8H2,1-3H3,(H,22,27)/t15-/m1/s1. The fourth-order valence-electron chi connectivity index (χ4n) is 2.79. The number of anilines is 1. The maximum absolute atomic E-state index is 12.6. The number of tetrazole rings is 1. The summed E-state index contributed by atoms with van der Waals surface area (Å²) >= 11 is 1.30. The van der Waals surface area contributed by atoms with E-state index in [0.717, 1.165) is 12.1 Å². The van der Waals surface area contributed by atoms with Crippen molar-refractivity contribution in [2.75, 3.05) is 12.4 Å². The predicted octanol–water partition coefficient (Wildman–Crippen LogP) is 4.13. The second-order valence-electron chi connectivity index (χ2n) is 6.59. The summed E-state index contributed by atoms with van der Waals surface area (Å²) in [5.74, 6) is 0.468. The van der Waals surface area contributed by atoms with Gasteiger partial charge in [-0.1, -0.05) is 49.4 Å². The van der Waals surface area contributed by atoms with Gasteiger partial charge in [-0.2, -0.15) is 4.68 Å². The molecule has 29 heavy (non-hydrogen) atoms. The number of hydrogen-bond acceptors (Lipinski definition) is 6. The van der Waals surface area contributed by atoms with E-state index in [2.05, 4.69) is 39.9 Å². The van der Waals surface area contributed by atoms with Gasteiger partial charge in [0.25, 0.3) is 0 Å². The SMILES string of the molecule is CCCCc1ccc(-n2nnnc2S[C@H](C)C(=O)Nc2ccccc2OC)cc1. The summed E-state index contributed by atoms with van der Waals surface area (Å²) in [5.41, 5.74) is 2.80. The van der Waals surface area contributed by atoms with Crippen LogP contribution in [0.15, 0.2) is 53.7 Å². The lowest BCUT2D eigenvalue weighted by molar-refractivity contribution is -0.115. The molecule has 3 rings (SSSR count). The van der Waals surface area contributed by atoms with Crippen molar-refractivity contribution < 1.29 is 9.53 Å². The van der Waals surface area contributed by atoms with Gasteiger partial charge in [0, 0.05) is 0 Å². The van der Waals surface area contributed by atoms with E-state index in [-0.39, 0.29) is 5.91 Å². The highest BCUT2D eigenvalue weighted by molar-refractivity contribution is 8.00. The Morgan fingerprint density at radius 3 is 2.69 bits per heavy atom. The van der Waals surface area contributed by atoms with E-state index in [4.69, 9.17) is 4.74 Å². The third kappa shape index (κ3) is 5.35. The molecule has 2 aromatic carbocycles. The predicted molar refractivity (Wildman–Crippen MR) is 115 cm³/mol. The number of methoxy groups -OCH3 is 1. The molecular formula is C21H25N5O2S. The molecule has 0 fully saturated rings. The molecule has 0 spiro atoms. The number of carbonyl (C=O) groups excluding carboxylic acids is 1. The molecule has 1 aromatic heterocycles. The van der Waals surface area contributed by atoms with Crippen LogP contribution in [0.5, 0.6) is 5.75 Å². The van der Waals surface area contributed by atoms with E-state index in [1.165, 1.54) is 30.2 Å². The normalized spacial score (nSPS) is 11.8. The molecule has 0 radical (unpaired) electrons. The number of nitrogens with zero attached hydrogens (tertiary/aromatic N) is 4. The minimum absolute atomic E-state index is 0.149. The molecule has 0 saturated heterocycles. The number of hydrogen-bond donors (Lipinski definition) is 1. The summed E-state index contributed by atoms with van der Waals surface area (Å²) in [6.45, 7) is 4.01. The van der Waals surface area contributed by atoms with E-state index < -0.39 is 5.25 Å². The van der Waals surface area contributed by atoms with Crippen LogP contribution in [0.1, 0.15) is 32.3 Å². The van der Waals surface area contributed by atoms with Crippen molar-refractivity contribution in [3.63, 3.8) is 0 Å². The zero-order valence-corrected chi connectivity index (χ0v) is 17.6. The molecule has 1 amide bonds. The molecule has 152 valence electrons. The maximum Gasteiger partial charge on any atom is 0.237 e. The molecule has 8 heteroatoms. The summed E-state index contributed by atoms with van der Waals surface area (Å²) in [6.07, 6.45) is 3.41. The first-order chi connectivity index (χ1) is 14.1. The van der Waals surface area contributed by atoms with Gasteiger partial charge in [-0.3, -0.25) is 4.79 Å². The Balaban J connectivity index is 1.68. The number of carbonyl (C=O) groups is 1. The van der Waals surface area contributed by atoms with Gasteiger partial charge in [0.1, 0.15) is 5.75 Å². The van der Waals surface area contributed by atoms with Gasteiger partial charge in [0.15, 0.2) is 0 Å². The topological polar surface area (TPSA) is 81.9 Å². The number of rotatable bonds is 9. The number of ether oxygens (including phenoxy) is 1. The Morgan fingerprint density at radius 1 is 1.21 bits per heavy atom. The van der Waals surface area contributed by atoms with Gasteiger partial charge in [0.05, 0.1) is 23.7 Å². The van der Waals surface area contributed by atoms with Crippen LogP contribution >= 0.6 is 11.8 Å². The lowest BCUT2D eigenvalue weighted by Gasteiger charge is -2.14.